The van der Waals surface area contributed by atoms with E-state index in [0.29, 0.717) is 16.3 Å². The highest BCUT2D eigenvalue weighted by atomic mass is 35.5. The molecule has 2 atom stereocenters. The molecule has 0 aliphatic heterocycles. The molecule has 0 saturated carbocycles. The van der Waals surface area contributed by atoms with E-state index in [1.807, 2.05) is 58.9 Å². The largest absolute Gasteiger partial charge is 0.444 e. The molecule has 0 radical (unpaired) electrons. The minimum Gasteiger partial charge on any atom is -0.444 e. The third-order valence-electron chi connectivity index (χ3n) is 5.54. The van der Waals surface area contributed by atoms with Gasteiger partial charge in [0, 0.05) is 11.8 Å². The Morgan fingerprint density at radius 2 is 1.65 bits per heavy atom. The fraction of sp³-hybridized carbons (Fsp3) is 0.464. The maximum atomic E-state index is 13.9. The average Bonchev–Trinajstić information content (AvgIpc) is 2.75. The van der Waals surface area contributed by atoms with E-state index in [4.69, 9.17) is 16.3 Å². The fourth-order valence-electron chi connectivity index (χ4n) is 4.08. The van der Waals surface area contributed by atoms with Crippen LogP contribution in [0.5, 0.6) is 0 Å². The van der Waals surface area contributed by atoms with E-state index >= 15 is 0 Å². The molecule has 2 N–H and O–H groups in total. The molecule has 2 unspecified atom stereocenters. The number of carbonyl (C=O) groups excluding carboxylic acids is 3. The molecular formula is C28H38ClN3O4S. The van der Waals surface area contributed by atoms with Gasteiger partial charge in [0.2, 0.25) is 5.91 Å². The number of nitrogens with zero attached hydrogens (tertiary/aromatic N) is 1. The van der Waals surface area contributed by atoms with E-state index in [0.717, 1.165) is 16.7 Å². The third-order valence-corrected chi connectivity index (χ3v) is 6.22. The molecule has 0 heterocycles. The van der Waals surface area contributed by atoms with Crippen LogP contribution in [-0.2, 0) is 14.3 Å². The fourth-order valence-corrected chi connectivity index (χ4v) is 4.60. The van der Waals surface area contributed by atoms with Crippen molar-refractivity contribution < 1.29 is 19.1 Å². The van der Waals surface area contributed by atoms with E-state index in [1.54, 1.807) is 32.9 Å². The van der Waals surface area contributed by atoms with Gasteiger partial charge in [-0.15, -0.1) is 0 Å². The number of amides is 3. The standard InChI is InChI=1S/C28H38ClN3O4S/c1-16(2)32(26(34)22(15-37)30-27(35)36-28(6,7)8)24(20-13-17(3)12-18(4)14-20)25(33)31-23-19(5)10-9-11-21(23)29/h9-14,16,22,24,37H,15H2,1-8H3,(H,30,35)(H,31,33). The number of alkyl carbamates (subject to hydrolysis) is 1. The molecular weight excluding hydrogens is 510 g/mol. The smallest absolute Gasteiger partial charge is 0.408 e. The summed E-state index contributed by atoms with van der Waals surface area (Å²) in [5.74, 6) is -0.851. The van der Waals surface area contributed by atoms with Gasteiger partial charge >= 0.3 is 6.09 Å². The second-order valence-electron chi connectivity index (χ2n) is 10.5. The van der Waals surface area contributed by atoms with E-state index in [1.165, 1.54) is 4.90 Å². The zero-order valence-electron chi connectivity index (χ0n) is 22.8. The van der Waals surface area contributed by atoms with Crippen LogP contribution in [0.25, 0.3) is 0 Å². The number of para-hydroxylation sites is 1. The topological polar surface area (TPSA) is 87.7 Å². The number of hydrogen-bond acceptors (Lipinski definition) is 5. The molecule has 0 aliphatic carbocycles. The monoisotopic (exact) mass is 547 g/mol. The normalized spacial score (nSPS) is 13.1. The SMILES string of the molecule is Cc1cc(C)cc(C(C(=O)Nc2c(C)cccc2Cl)N(C(=O)C(CS)NC(=O)OC(C)(C)C)C(C)C)c1. The van der Waals surface area contributed by atoms with Gasteiger partial charge in [-0.1, -0.05) is 53.1 Å². The van der Waals surface area contributed by atoms with Crippen molar-refractivity contribution in [2.24, 2.45) is 0 Å². The molecule has 0 spiro atoms. The minimum absolute atomic E-state index is 0.0199. The van der Waals surface area contributed by atoms with Crippen LogP contribution in [0.3, 0.4) is 0 Å². The number of benzene rings is 2. The summed E-state index contributed by atoms with van der Waals surface area (Å²) >= 11 is 10.7. The lowest BCUT2D eigenvalue weighted by atomic mass is 9.97. The highest BCUT2D eigenvalue weighted by molar-refractivity contribution is 7.80. The molecule has 2 aromatic carbocycles. The van der Waals surface area contributed by atoms with E-state index in [-0.39, 0.29) is 11.8 Å². The van der Waals surface area contributed by atoms with E-state index in [2.05, 4.69) is 23.3 Å². The van der Waals surface area contributed by atoms with Crippen LogP contribution in [0.15, 0.2) is 36.4 Å². The Labute approximate surface area is 230 Å². The predicted octanol–water partition coefficient (Wildman–Crippen LogP) is 6.01. The van der Waals surface area contributed by atoms with Crippen LogP contribution in [-0.4, -0.2) is 46.2 Å². The lowest BCUT2D eigenvalue weighted by Crippen LogP contribution is -2.55. The summed E-state index contributed by atoms with van der Waals surface area (Å²) < 4.78 is 5.34. The second kappa shape index (κ2) is 12.7. The number of halogens is 1. The van der Waals surface area contributed by atoms with Gasteiger partial charge in [0.05, 0.1) is 10.7 Å². The Balaban J connectivity index is 2.55. The first-order chi connectivity index (χ1) is 17.1. The highest BCUT2D eigenvalue weighted by Crippen LogP contribution is 2.31. The van der Waals surface area contributed by atoms with Crippen molar-refractivity contribution in [1.29, 1.82) is 0 Å². The lowest BCUT2D eigenvalue weighted by Gasteiger charge is -2.37. The van der Waals surface area contributed by atoms with Crippen LogP contribution < -0.4 is 10.6 Å². The summed E-state index contributed by atoms with van der Waals surface area (Å²) in [5.41, 5.74) is 3.10. The summed E-state index contributed by atoms with van der Waals surface area (Å²) in [4.78, 5) is 41.8. The van der Waals surface area contributed by atoms with E-state index in [9.17, 15) is 14.4 Å². The second-order valence-corrected chi connectivity index (χ2v) is 11.2. The summed E-state index contributed by atoms with van der Waals surface area (Å²) in [6.07, 6.45) is -0.734. The third kappa shape index (κ3) is 8.40. The van der Waals surface area contributed by atoms with Crippen molar-refractivity contribution in [2.75, 3.05) is 11.1 Å². The van der Waals surface area contributed by atoms with Crippen molar-refractivity contribution in [3.8, 4) is 0 Å². The first-order valence-electron chi connectivity index (χ1n) is 12.2. The molecule has 3 amide bonds. The first kappa shape index (κ1) is 30.5. The quantitative estimate of drug-likeness (QED) is 0.353. The molecule has 37 heavy (non-hydrogen) atoms. The van der Waals surface area contributed by atoms with Gasteiger partial charge in [-0.2, -0.15) is 12.6 Å². The summed E-state index contributed by atoms with van der Waals surface area (Å²) in [6.45, 7) is 14.6. The summed E-state index contributed by atoms with van der Waals surface area (Å²) in [6, 6.07) is 8.72. The zero-order chi connectivity index (χ0) is 28.1. The number of ether oxygens (including phenoxy) is 1. The average molecular weight is 548 g/mol. The highest BCUT2D eigenvalue weighted by Gasteiger charge is 2.38. The number of thiol groups is 1. The molecule has 0 bridgehead atoms. The molecule has 2 rings (SSSR count). The van der Waals surface area contributed by atoms with Crippen molar-refractivity contribution in [2.45, 2.75) is 79.1 Å². The van der Waals surface area contributed by atoms with Crippen LogP contribution >= 0.6 is 24.2 Å². The number of hydrogen-bond donors (Lipinski definition) is 3. The molecule has 2 aromatic rings. The van der Waals surface area contributed by atoms with Gasteiger partial charge in [-0.25, -0.2) is 4.79 Å². The van der Waals surface area contributed by atoms with Gasteiger partial charge in [0.15, 0.2) is 0 Å². The Morgan fingerprint density at radius 3 is 2.14 bits per heavy atom. The number of nitrogens with one attached hydrogen (secondary N) is 2. The van der Waals surface area contributed by atoms with Crippen molar-refractivity contribution in [3.63, 3.8) is 0 Å². The lowest BCUT2D eigenvalue weighted by molar-refractivity contribution is -0.142. The Morgan fingerprint density at radius 1 is 1.05 bits per heavy atom. The van der Waals surface area contributed by atoms with Gasteiger partial charge in [-0.3, -0.25) is 9.59 Å². The molecule has 0 aromatic heterocycles. The number of rotatable bonds is 8. The predicted molar refractivity (Wildman–Crippen MR) is 152 cm³/mol. The first-order valence-corrected chi connectivity index (χ1v) is 13.2. The van der Waals surface area contributed by atoms with Gasteiger partial charge < -0.3 is 20.3 Å². The summed E-state index contributed by atoms with van der Waals surface area (Å²) in [7, 11) is 0. The Bertz CT molecular complexity index is 1110. The van der Waals surface area contributed by atoms with Crippen molar-refractivity contribution in [3.05, 3.63) is 63.7 Å². The number of carbonyl (C=O) groups is 3. The van der Waals surface area contributed by atoms with Crippen LogP contribution in [0, 0.1) is 20.8 Å². The van der Waals surface area contributed by atoms with Crippen molar-refractivity contribution >= 4 is 47.8 Å². The molecule has 202 valence electrons. The van der Waals surface area contributed by atoms with Gasteiger partial charge in [0.25, 0.3) is 5.91 Å². The molecule has 7 nitrogen and oxygen atoms in total. The van der Waals surface area contributed by atoms with Crippen LogP contribution in [0.1, 0.15) is 62.9 Å². The Kier molecular flexibility index (Phi) is 10.5. The zero-order valence-corrected chi connectivity index (χ0v) is 24.5. The molecule has 0 fully saturated rings. The number of aryl methyl sites for hydroxylation is 3. The minimum atomic E-state index is -1.01. The maximum absolute atomic E-state index is 13.9. The maximum Gasteiger partial charge on any atom is 0.408 e. The van der Waals surface area contributed by atoms with Crippen LogP contribution in [0.2, 0.25) is 5.02 Å². The van der Waals surface area contributed by atoms with Gasteiger partial charge in [-0.05, 0) is 72.6 Å². The number of anilines is 1. The molecule has 0 aliphatic rings. The van der Waals surface area contributed by atoms with Gasteiger partial charge in [0.1, 0.15) is 17.7 Å². The van der Waals surface area contributed by atoms with Crippen LogP contribution in [0.4, 0.5) is 10.5 Å². The van der Waals surface area contributed by atoms with E-state index < -0.39 is 35.6 Å². The summed E-state index contributed by atoms with van der Waals surface area (Å²) in [5, 5.41) is 5.95. The Hall–Kier alpha value is -2.71. The molecule has 0 saturated heterocycles. The molecule has 9 heteroatoms. The van der Waals surface area contributed by atoms with Crippen molar-refractivity contribution in [1.82, 2.24) is 10.2 Å².